The molecule has 6 heteroatoms. The molecule has 26 heavy (non-hydrogen) atoms. The molecule has 4 nitrogen and oxygen atoms in total. The van der Waals surface area contributed by atoms with E-state index in [0.717, 1.165) is 67.3 Å². The summed E-state index contributed by atoms with van der Waals surface area (Å²) in [5.74, 6) is 0.199. The first-order valence-corrected chi connectivity index (χ1v) is 10.6. The summed E-state index contributed by atoms with van der Waals surface area (Å²) in [4.78, 5) is 20.0. The van der Waals surface area contributed by atoms with Gasteiger partial charge in [-0.15, -0.1) is 11.3 Å². The average Bonchev–Trinajstić information content (AvgIpc) is 3.36. The van der Waals surface area contributed by atoms with Crippen molar-refractivity contribution in [3.63, 3.8) is 0 Å². The van der Waals surface area contributed by atoms with Gasteiger partial charge >= 0.3 is 0 Å². The Kier molecular flexibility index (Phi) is 5.18. The molecule has 1 aromatic carbocycles. The zero-order valence-corrected chi connectivity index (χ0v) is 16.4. The first kappa shape index (κ1) is 17.8. The predicted molar refractivity (Wildman–Crippen MR) is 107 cm³/mol. The van der Waals surface area contributed by atoms with E-state index in [1.165, 1.54) is 0 Å². The first-order chi connectivity index (χ1) is 12.7. The van der Waals surface area contributed by atoms with Gasteiger partial charge in [0.2, 0.25) is 5.91 Å². The SMILES string of the molecule is O=C(NC1CCN(c2nccs2)CC1)C1(c2ccc(Cl)cc2)CCCC1. The number of hydrogen-bond acceptors (Lipinski definition) is 4. The van der Waals surface area contributed by atoms with Crippen LogP contribution in [0.2, 0.25) is 5.02 Å². The lowest BCUT2D eigenvalue weighted by Gasteiger charge is -2.35. The number of halogens is 1. The number of hydrogen-bond donors (Lipinski definition) is 1. The Morgan fingerprint density at radius 2 is 1.88 bits per heavy atom. The molecule has 2 heterocycles. The number of piperidine rings is 1. The fraction of sp³-hybridized carbons (Fsp3) is 0.500. The number of thiazole rings is 1. The smallest absolute Gasteiger partial charge is 0.230 e. The van der Waals surface area contributed by atoms with Gasteiger partial charge in [0.1, 0.15) is 0 Å². The van der Waals surface area contributed by atoms with Crippen molar-refractivity contribution in [2.24, 2.45) is 0 Å². The maximum absolute atomic E-state index is 13.3. The minimum Gasteiger partial charge on any atom is -0.352 e. The standard InChI is InChI=1S/C20H24ClN3OS/c21-16-5-3-15(4-6-16)20(9-1-2-10-20)18(25)23-17-7-12-24(13-8-17)19-22-11-14-26-19/h3-6,11,14,17H,1-2,7-10,12-13H2,(H,23,25). The molecule has 4 rings (SSSR count). The zero-order valence-electron chi connectivity index (χ0n) is 14.8. The van der Waals surface area contributed by atoms with E-state index in [1.807, 2.05) is 35.8 Å². The Balaban J connectivity index is 1.42. The lowest BCUT2D eigenvalue weighted by Crippen LogP contribution is -2.50. The number of carbonyl (C=O) groups excluding carboxylic acids is 1. The van der Waals surface area contributed by atoms with E-state index in [0.29, 0.717) is 0 Å². The molecule has 2 fully saturated rings. The topological polar surface area (TPSA) is 45.2 Å². The van der Waals surface area contributed by atoms with E-state index in [-0.39, 0.29) is 17.4 Å². The minimum absolute atomic E-state index is 0.199. The van der Waals surface area contributed by atoms with E-state index in [1.54, 1.807) is 11.3 Å². The van der Waals surface area contributed by atoms with Gasteiger partial charge in [-0.05, 0) is 43.4 Å². The summed E-state index contributed by atoms with van der Waals surface area (Å²) in [5, 5.41) is 7.18. The molecule has 0 unspecified atom stereocenters. The molecule has 1 N–H and O–H groups in total. The van der Waals surface area contributed by atoms with Gasteiger partial charge in [-0.25, -0.2) is 4.98 Å². The van der Waals surface area contributed by atoms with Gasteiger partial charge in [-0.2, -0.15) is 0 Å². The lowest BCUT2D eigenvalue weighted by molar-refractivity contribution is -0.127. The van der Waals surface area contributed by atoms with Gasteiger partial charge in [0, 0.05) is 35.7 Å². The van der Waals surface area contributed by atoms with E-state index in [2.05, 4.69) is 15.2 Å². The monoisotopic (exact) mass is 389 g/mol. The van der Waals surface area contributed by atoms with Crippen LogP contribution < -0.4 is 10.2 Å². The van der Waals surface area contributed by atoms with Crippen LogP contribution in [0.25, 0.3) is 0 Å². The number of aromatic nitrogens is 1. The van der Waals surface area contributed by atoms with Crippen molar-refractivity contribution in [1.29, 1.82) is 0 Å². The van der Waals surface area contributed by atoms with Crippen LogP contribution in [0.4, 0.5) is 5.13 Å². The Morgan fingerprint density at radius 1 is 1.19 bits per heavy atom. The fourth-order valence-corrected chi connectivity index (χ4v) is 5.13. The number of amides is 1. The van der Waals surface area contributed by atoms with Gasteiger partial charge in [-0.1, -0.05) is 36.6 Å². The highest BCUT2D eigenvalue weighted by atomic mass is 35.5. The minimum atomic E-state index is -0.378. The molecule has 0 radical (unpaired) electrons. The number of nitrogens with zero attached hydrogens (tertiary/aromatic N) is 2. The van der Waals surface area contributed by atoms with Crippen LogP contribution in [-0.4, -0.2) is 30.0 Å². The maximum Gasteiger partial charge on any atom is 0.230 e. The molecule has 138 valence electrons. The Bertz CT molecular complexity index is 733. The number of nitrogens with one attached hydrogen (secondary N) is 1. The molecule has 1 amide bonds. The predicted octanol–water partition coefficient (Wildman–Crippen LogP) is 4.39. The quantitative estimate of drug-likeness (QED) is 0.843. The van der Waals surface area contributed by atoms with Gasteiger partial charge in [0.25, 0.3) is 0 Å². The van der Waals surface area contributed by atoms with Crippen LogP contribution in [0.5, 0.6) is 0 Å². The third kappa shape index (κ3) is 3.47. The van der Waals surface area contributed by atoms with Crippen molar-refractivity contribution in [1.82, 2.24) is 10.3 Å². The molecule has 1 aromatic heterocycles. The molecule has 0 spiro atoms. The second-order valence-electron chi connectivity index (χ2n) is 7.35. The molecule has 1 aliphatic carbocycles. The van der Waals surface area contributed by atoms with E-state index >= 15 is 0 Å². The highest BCUT2D eigenvalue weighted by Crippen LogP contribution is 2.42. The number of carbonyl (C=O) groups is 1. The molecule has 1 saturated heterocycles. The highest BCUT2D eigenvalue weighted by Gasteiger charge is 2.43. The van der Waals surface area contributed by atoms with Crippen LogP contribution in [0, 0.1) is 0 Å². The van der Waals surface area contributed by atoms with Gasteiger partial charge < -0.3 is 10.2 Å². The summed E-state index contributed by atoms with van der Waals surface area (Å²) in [7, 11) is 0. The largest absolute Gasteiger partial charge is 0.352 e. The summed E-state index contributed by atoms with van der Waals surface area (Å²) in [6, 6.07) is 8.10. The van der Waals surface area contributed by atoms with Gasteiger partial charge in [0.15, 0.2) is 5.13 Å². The lowest BCUT2D eigenvalue weighted by atomic mass is 9.77. The maximum atomic E-state index is 13.3. The molecule has 1 aliphatic heterocycles. The van der Waals surface area contributed by atoms with Gasteiger partial charge in [0.05, 0.1) is 5.41 Å². The summed E-state index contributed by atoms with van der Waals surface area (Å²) in [5.41, 5.74) is 0.731. The van der Waals surface area contributed by atoms with E-state index in [9.17, 15) is 4.79 Å². The summed E-state index contributed by atoms with van der Waals surface area (Å²) in [6.45, 7) is 1.90. The Morgan fingerprint density at radius 3 is 2.50 bits per heavy atom. The summed E-state index contributed by atoms with van der Waals surface area (Å²) in [6.07, 6.45) is 7.88. The normalized spacial score (nSPS) is 20.3. The van der Waals surface area contributed by atoms with Crippen LogP contribution in [0.3, 0.4) is 0 Å². The fourth-order valence-electron chi connectivity index (χ4n) is 4.31. The third-order valence-corrected chi connectivity index (χ3v) is 6.89. The number of anilines is 1. The molecular weight excluding hydrogens is 366 g/mol. The third-order valence-electron chi connectivity index (χ3n) is 5.81. The highest BCUT2D eigenvalue weighted by molar-refractivity contribution is 7.13. The van der Waals surface area contributed by atoms with Gasteiger partial charge in [-0.3, -0.25) is 4.79 Å². The molecular formula is C20H24ClN3OS. The van der Waals surface area contributed by atoms with E-state index < -0.39 is 0 Å². The average molecular weight is 390 g/mol. The first-order valence-electron chi connectivity index (χ1n) is 9.39. The summed E-state index contributed by atoms with van der Waals surface area (Å²) >= 11 is 7.72. The molecule has 2 aromatic rings. The van der Waals surface area contributed by atoms with Crippen molar-refractivity contribution in [2.45, 2.75) is 50.0 Å². The number of rotatable bonds is 4. The van der Waals surface area contributed by atoms with Crippen molar-refractivity contribution < 1.29 is 4.79 Å². The molecule has 2 aliphatic rings. The Hall–Kier alpha value is -1.59. The van der Waals surface area contributed by atoms with Crippen molar-refractivity contribution in [3.05, 3.63) is 46.4 Å². The molecule has 0 atom stereocenters. The second-order valence-corrected chi connectivity index (χ2v) is 8.66. The van der Waals surface area contributed by atoms with Crippen molar-refractivity contribution in [3.8, 4) is 0 Å². The molecule has 0 bridgehead atoms. The van der Waals surface area contributed by atoms with Crippen molar-refractivity contribution in [2.75, 3.05) is 18.0 Å². The van der Waals surface area contributed by atoms with Crippen LogP contribution in [-0.2, 0) is 10.2 Å². The number of benzene rings is 1. The second kappa shape index (κ2) is 7.57. The molecule has 1 saturated carbocycles. The zero-order chi connectivity index (χ0) is 18.0. The van der Waals surface area contributed by atoms with Crippen LogP contribution in [0.1, 0.15) is 44.1 Å². The Labute approximate surface area is 163 Å². The van der Waals surface area contributed by atoms with Crippen LogP contribution >= 0.6 is 22.9 Å². The summed E-state index contributed by atoms with van der Waals surface area (Å²) < 4.78 is 0. The van der Waals surface area contributed by atoms with E-state index in [4.69, 9.17) is 11.6 Å². The van der Waals surface area contributed by atoms with Crippen LogP contribution in [0.15, 0.2) is 35.8 Å². The van der Waals surface area contributed by atoms with Crippen molar-refractivity contribution >= 4 is 34.0 Å².